The summed E-state index contributed by atoms with van der Waals surface area (Å²) in [6, 6.07) is 22.0. The van der Waals surface area contributed by atoms with Crippen LogP contribution in [0.15, 0.2) is 73.1 Å². The van der Waals surface area contributed by atoms with Crippen LogP contribution in [-0.4, -0.2) is 15.8 Å². The van der Waals surface area contributed by atoms with Crippen LogP contribution in [0.25, 0.3) is 5.69 Å². The summed E-state index contributed by atoms with van der Waals surface area (Å²) in [5, 5.41) is 7.92. The molecule has 0 bridgehead atoms. The van der Waals surface area contributed by atoms with E-state index < -0.39 is 0 Å². The van der Waals surface area contributed by atoms with Gasteiger partial charge in [-0.15, -0.1) is 0 Å². The third-order valence-corrected chi connectivity index (χ3v) is 4.71. The first-order valence-electron chi connectivity index (χ1n) is 8.26. The lowest BCUT2D eigenvalue weighted by molar-refractivity contribution is 0.289. The molecule has 1 N–H and O–H groups in total. The molecule has 3 aromatic rings. The summed E-state index contributed by atoms with van der Waals surface area (Å²) in [7, 11) is 0. The maximum Gasteiger partial charge on any atom is 0.0645 e. The van der Waals surface area contributed by atoms with Crippen molar-refractivity contribution in [3.63, 3.8) is 0 Å². The Labute approximate surface area is 137 Å². The standard InChI is InChI=1S/C20H21N3/c1-2-5-17(6-3-1)18-13-19(14-18)21-15-16-7-9-20(10-8-16)23-12-4-11-22-23/h1-12,18-19,21H,13-15H2. The highest BCUT2D eigenvalue weighted by Crippen LogP contribution is 2.36. The van der Waals surface area contributed by atoms with Gasteiger partial charge in [0.25, 0.3) is 0 Å². The largest absolute Gasteiger partial charge is 0.310 e. The minimum Gasteiger partial charge on any atom is -0.310 e. The highest BCUT2D eigenvalue weighted by atomic mass is 15.3. The molecular formula is C20H21N3. The molecule has 3 nitrogen and oxygen atoms in total. The van der Waals surface area contributed by atoms with E-state index in [9.17, 15) is 0 Å². The molecule has 0 spiro atoms. The smallest absolute Gasteiger partial charge is 0.0645 e. The van der Waals surface area contributed by atoms with Crippen LogP contribution in [0.1, 0.15) is 29.9 Å². The molecule has 0 amide bonds. The Bertz CT molecular complexity index is 726. The number of hydrogen-bond donors (Lipinski definition) is 1. The Hall–Kier alpha value is -2.39. The molecule has 0 aliphatic heterocycles. The zero-order chi connectivity index (χ0) is 15.5. The quantitative estimate of drug-likeness (QED) is 0.774. The predicted molar refractivity (Wildman–Crippen MR) is 92.6 cm³/mol. The second-order valence-corrected chi connectivity index (χ2v) is 6.27. The number of nitrogens with zero attached hydrogens (tertiary/aromatic N) is 2. The molecule has 1 aliphatic rings. The zero-order valence-corrected chi connectivity index (χ0v) is 13.1. The van der Waals surface area contributed by atoms with Gasteiger partial charge in [-0.3, -0.25) is 0 Å². The molecular weight excluding hydrogens is 282 g/mol. The van der Waals surface area contributed by atoms with E-state index in [1.165, 1.54) is 24.0 Å². The third kappa shape index (κ3) is 3.20. The molecule has 116 valence electrons. The summed E-state index contributed by atoms with van der Waals surface area (Å²) in [5.74, 6) is 0.732. The fraction of sp³-hybridized carbons (Fsp3) is 0.250. The van der Waals surface area contributed by atoms with E-state index in [-0.39, 0.29) is 0 Å². The molecule has 2 aromatic carbocycles. The van der Waals surface area contributed by atoms with E-state index in [1.807, 2.05) is 16.9 Å². The Kier molecular flexibility index (Phi) is 3.95. The Morgan fingerprint density at radius 1 is 0.957 bits per heavy atom. The molecule has 0 atom stereocenters. The van der Waals surface area contributed by atoms with Gasteiger partial charge in [-0.25, -0.2) is 4.68 Å². The van der Waals surface area contributed by atoms with E-state index in [2.05, 4.69) is 65.0 Å². The van der Waals surface area contributed by atoms with Gasteiger partial charge in [0.1, 0.15) is 0 Å². The molecule has 4 rings (SSSR count). The van der Waals surface area contributed by atoms with Crippen LogP contribution in [0.4, 0.5) is 0 Å². The van der Waals surface area contributed by atoms with Crippen LogP contribution in [0.2, 0.25) is 0 Å². The zero-order valence-electron chi connectivity index (χ0n) is 13.1. The average Bonchev–Trinajstić information content (AvgIpc) is 3.09. The van der Waals surface area contributed by atoms with Crippen molar-refractivity contribution in [1.29, 1.82) is 0 Å². The molecule has 0 saturated heterocycles. The van der Waals surface area contributed by atoms with Gasteiger partial charge >= 0.3 is 0 Å². The molecule has 1 aliphatic carbocycles. The Morgan fingerprint density at radius 3 is 2.43 bits per heavy atom. The van der Waals surface area contributed by atoms with Crippen LogP contribution in [-0.2, 0) is 6.54 Å². The molecule has 0 unspecified atom stereocenters. The van der Waals surface area contributed by atoms with E-state index in [0.717, 1.165) is 18.2 Å². The lowest BCUT2D eigenvalue weighted by atomic mass is 9.76. The fourth-order valence-electron chi connectivity index (χ4n) is 3.23. The normalized spacial score (nSPS) is 20.2. The summed E-state index contributed by atoms with van der Waals surface area (Å²) >= 11 is 0. The SMILES string of the molecule is c1ccc(C2CC(NCc3ccc(-n4cccn4)cc3)C2)cc1. The molecule has 1 saturated carbocycles. The van der Waals surface area contributed by atoms with Gasteiger partial charge in [-0.05, 0) is 48.1 Å². The van der Waals surface area contributed by atoms with Crippen molar-refractivity contribution in [3.05, 3.63) is 84.2 Å². The van der Waals surface area contributed by atoms with E-state index in [4.69, 9.17) is 0 Å². The van der Waals surface area contributed by atoms with Crippen molar-refractivity contribution in [2.24, 2.45) is 0 Å². The van der Waals surface area contributed by atoms with Gasteiger partial charge in [0.2, 0.25) is 0 Å². The van der Waals surface area contributed by atoms with Gasteiger partial charge in [0.05, 0.1) is 5.69 Å². The van der Waals surface area contributed by atoms with Gasteiger partial charge in [0, 0.05) is 25.0 Å². The van der Waals surface area contributed by atoms with Crippen LogP contribution >= 0.6 is 0 Å². The van der Waals surface area contributed by atoms with E-state index in [0.29, 0.717) is 6.04 Å². The van der Waals surface area contributed by atoms with E-state index >= 15 is 0 Å². The summed E-state index contributed by atoms with van der Waals surface area (Å²) in [6.07, 6.45) is 6.26. The molecule has 1 aromatic heterocycles. The molecule has 23 heavy (non-hydrogen) atoms. The maximum atomic E-state index is 4.25. The first kappa shape index (κ1) is 14.2. The Balaban J connectivity index is 1.28. The van der Waals surface area contributed by atoms with Crippen molar-refractivity contribution in [2.75, 3.05) is 0 Å². The summed E-state index contributed by atoms with van der Waals surface area (Å²) in [5.41, 5.74) is 3.91. The minimum absolute atomic E-state index is 0.644. The van der Waals surface area contributed by atoms with Crippen molar-refractivity contribution in [2.45, 2.75) is 31.3 Å². The second-order valence-electron chi connectivity index (χ2n) is 6.27. The molecule has 0 radical (unpaired) electrons. The maximum absolute atomic E-state index is 4.25. The van der Waals surface area contributed by atoms with Gasteiger partial charge < -0.3 is 5.32 Å². The highest BCUT2D eigenvalue weighted by Gasteiger charge is 2.29. The average molecular weight is 303 g/mol. The summed E-state index contributed by atoms with van der Waals surface area (Å²) < 4.78 is 1.88. The highest BCUT2D eigenvalue weighted by molar-refractivity contribution is 5.33. The van der Waals surface area contributed by atoms with Crippen LogP contribution in [0, 0.1) is 0 Å². The minimum atomic E-state index is 0.644. The summed E-state index contributed by atoms with van der Waals surface area (Å²) in [4.78, 5) is 0. The number of aromatic nitrogens is 2. The third-order valence-electron chi connectivity index (χ3n) is 4.71. The first-order valence-corrected chi connectivity index (χ1v) is 8.26. The number of nitrogens with one attached hydrogen (secondary N) is 1. The second kappa shape index (κ2) is 6.39. The van der Waals surface area contributed by atoms with Crippen LogP contribution in [0.3, 0.4) is 0 Å². The first-order chi connectivity index (χ1) is 11.4. The fourth-order valence-corrected chi connectivity index (χ4v) is 3.23. The molecule has 3 heteroatoms. The van der Waals surface area contributed by atoms with Gasteiger partial charge in [0.15, 0.2) is 0 Å². The lowest BCUT2D eigenvalue weighted by Crippen LogP contribution is -2.39. The van der Waals surface area contributed by atoms with Crippen molar-refractivity contribution in [1.82, 2.24) is 15.1 Å². The van der Waals surface area contributed by atoms with E-state index in [1.54, 1.807) is 6.20 Å². The molecule has 1 fully saturated rings. The number of hydrogen-bond acceptors (Lipinski definition) is 2. The topological polar surface area (TPSA) is 29.9 Å². The van der Waals surface area contributed by atoms with Gasteiger partial charge in [-0.1, -0.05) is 42.5 Å². The van der Waals surface area contributed by atoms with Crippen LogP contribution in [0.5, 0.6) is 0 Å². The number of rotatable bonds is 5. The van der Waals surface area contributed by atoms with Crippen molar-refractivity contribution < 1.29 is 0 Å². The molecule has 1 heterocycles. The van der Waals surface area contributed by atoms with Crippen molar-refractivity contribution >= 4 is 0 Å². The van der Waals surface area contributed by atoms with Gasteiger partial charge in [-0.2, -0.15) is 5.10 Å². The number of benzene rings is 2. The van der Waals surface area contributed by atoms with Crippen LogP contribution < -0.4 is 5.32 Å². The predicted octanol–water partition coefficient (Wildman–Crippen LogP) is 3.91. The Morgan fingerprint density at radius 2 is 1.74 bits per heavy atom. The summed E-state index contributed by atoms with van der Waals surface area (Å²) in [6.45, 7) is 0.936. The monoisotopic (exact) mass is 303 g/mol. The lowest BCUT2D eigenvalue weighted by Gasteiger charge is -2.36. The van der Waals surface area contributed by atoms with Crippen molar-refractivity contribution in [3.8, 4) is 5.69 Å².